The number of aromatic nitrogens is 4. The smallest absolute Gasteiger partial charge is 0.177 e. The molecular formula is C15H19N5O. The predicted molar refractivity (Wildman–Crippen MR) is 78.5 cm³/mol. The fourth-order valence-corrected chi connectivity index (χ4v) is 3.55. The number of nitrogens with one attached hydrogen (secondary N) is 1. The van der Waals surface area contributed by atoms with Crippen LogP contribution in [0.25, 0.3) is 0 Å². The Kier molecular flexibility index (Phi) is 3.21. The Hall–Kier alpha value is -2.11. The topological polar surface area (TPSA) is 66.9 Å². The lowest BCUT2D eigenvalue weighted by Gasteiger charge is -2.30. The summed E-state index contributed by atoms with van der Waals surface area (Å²) in [5.74, 6) is 2.29. The van der Waals surface area contributed by atoms with Gasteiger partial charge < -0.3 is 9.64 Å². The number of hydrogen-bond donors (Lipinski definition) is 1. The van der Waals surface area contributed by atoms with E-state index in [-0.39, 0.29) is 0 Å². The van der Waals surface area contributed by atoms with Gasteiger partial charge >= 0.3 is 0 Å². The molecule has 21 heavy (non-hydrogen) atoms. The number of hydrogen-bond acceptors (Lipinski definition) is 5. The Bertz CT molecular complexity index is 600. The lowest BCUT2D eigenvalue weighted by Crippen LogP contribution is -2.34. The van der Waals surface area contributed by atoms with Gasteiger partial charge in [0.15, 0.2) is 5.82 Å². The van der Waals surface area contributed by atoms with Gasteiger partial charge in [0.2, 0.25) is 0 Å². The highest BCUT2D eigenvalue weighted by Crippen LogP contribution is 2.40. The Morgan fingerprint density at radius 3 is 3.10 bits per heavy atom. The zero-order valence-corrected chi connectivity index (χ0v) is 11.9. The van der Waals surface area contributed by atoms with Crippen LogP contribution in [0.2, 0.25) is 0 Å². The molecule has 2 unspecified atom stereocenters. The summed E-state index contributed by atoms with van der Waals surface area (Å²) >= 11 is 0. The largest absolute Gasteiger partial charge is 0.491 e. The van der Waals surface area contributed by atoms with Gasteiger partial charge in [-0.05, 0) is 37.8 Å². The molecule has 1 saturated carbocycles. The molecule has 0 amide bonds. The zero-order chi connectivity index (χ0) is 14.1. The van der Waals surface area contributed by atoms with Crippen LogP contribution in [0, 0.1) is 0 Å². The van der Waals surface area contributed by atoms with Crippen molar-refractivity contribution in [2.75, 3.05) is 18.1 Å². The molecule has 2 heterocycles. The summed E-state index contributed by atoms with van der Waals surface area (Å²) in [6.45, 7) is 1.86. The van der Waals surface area contributed by atoms with Crippen LogP contribution in [0.1, 0.15) is 37.4 Å². The number of aromatic amines is 1. The summed E-state index contributed by atoms with van der Waals surface area (Å²) in [4.78, 5) is 2.52. The van der Waals surface area contributed by atoms with Gasteiger partial charge in [0.25, 0.3) is 0 Å². The van der Waals surface area contributed by atoms with E-state index in [1.165, 1.54) is 12.1 Å². The summed E-state index contributed by atoms with van der Waals surface area (Å²) in [5.41, 5.74) is 1.23. The highest BCUT2D eigenvalue weighted by molar-refractivity contribution is 5.59. The molecule has 0 spiro atoms. The van der Waals surface area contributed by atoms with Gasteiger partial charge in [-0.15, -0.1) is 10.2 Å². The zero-order valence-electron chi connectivity index (χ0n) is 11.9. The molecule has 2 atom stereocenters. The number of benzene rings is 1. The molecule has 1 aromatic carbocycles. The van der Waals surface area contributed by atoms with Crippen molar-refractivity contribution in [1.82, 2.24) is 20.6 Å². The van der Waals surface area contributed by atoms with Gasteiger partial charge in [-0.1, -0.05) is 17.3 Å². The first-order chi connectivity index (χ1) is 10.4. The number of rotatable bonds is 2. The Morgan fingerprint density at radius 2 is 2.19 bits per heavy atom. The first kappa shape index (κ1) is 12.6. The normalized spacial score (nSPS) is 25.2. The molecule has 0 radical (unpaired) electrons. The van der Waals surface area contributed by atoms with E-state index >= 15 is 0 Å². The van der Waals surface area contributed by atoms with Gasteiger partial charge in [-0.25, -0.2) is 0 Å². The van der Waals surface area contributed by atoms with Crippen molar-refractivity contribution in [1.29, 1.82) is 0 Å². The minimum absolute atomic E-state index is 0.421. The van der Waals surface area contributed by atoms with Crippen LogP contribution in [-0.4, -0.2) is 39.8 Å². The average molecular weight is 285 g/mol. The van der Waals surface area contributed by atoms with Gasteiger partial charge in [0.05, 0.1) is 12.3 Å². The standard InChI is InChI=1S/C15H19N5O/c1-2-5-14-13(4-1)20(8-3-9-21-14)12-7-6-11(10-12)15-16-18-19-17-15/h1-2,4-5,11-12H,3,6-10H2,(H,16,17,18,19). The fourth-order valence-electron chi connectivity index (χ4n) is 3.55. The maximum atomic E-state index is 5.86. The Labute approximate surface area is 123 Å². The Morgan fingerprint density at radius 1 is 1.24 bits per heavy atom. The molecule has 1 N–H and O–H groups in total. The molecule has 6 heteroatoms. The van der Waals surface area contributed by atoms with E-state index in [1.807, 2.05) is 6.07 Å². The monoisotopic (exact) mass is 285 g/mol. The molecule has 0 saturated heterocycles. The second-order valence-electron chi connectivity index (χ2n) is 5.80. The molecule has 4 rings (SSSR count). The molecule has 0 bridgehead atoms. The second kappa shape index (κ2) is 5.35. The van der Waals surface area contributed by atoms with Crippen LogP contribution < -0.4 is 9.64 Å². The van der Waals surface area contributed by atoms with Crippen LogP contribution in [0.15, 0.2) is 24.3 Å². The van der Waals surface area contributed by atoms with Crippen LogP contribution in [0.4, 0.5) is 5.69 Å². The third-order valence-electron chi connectivity index (χ3n) is 4.55. The lowest BCUT2D eigenvalue weighted by molar-refractivity contribution is 0.322. The van der Waals surface area contributed by atoms with Crippen molar-refractivity contribution in [3.63, 3.8) is 0 Å². The summed E-state index contributed by atoms with van der Waals surface area (Å²) in [6, 6.07) is 8.91. The van der Waals surface area contributed by atoms with E-state index in [1.54, 1.807) is 0 Å². The minimum atomic E-state index is 0.421. The Balaban J connectivity index is 1.57. The third-order valence-corrected chi connectivity index (χ3v) is 4.55. The van der Waals surface area contributed by atoms with Crippen molar-refractivity contribution in [3.8, 4) is 5.75 Å². The molecule has 2 aliphatic rings. The molecule has 6 nitrogen and oxygen atoms in total. The van der Waals surface area contributed by atoms with E-state index in [4.69, 9.17) is 4.74 Å². The SMILES string of the molecule is c1ccc2c(c1)OCCCN2C1CCC(c2nn[nH]n2)C1. The van der Waals surface area contributed by atoms with E-state index in [2.05, 4.69) is 43.7 Å². The van der Waals surface area contributed by atoms with Gasteiger partial charge in [0.1, 0.15) is 5.75 Å². The van der Waals surface area contributed by atoms with Crippen molar-refractivity contribution < 1.29 is 4.74 Å². The number of fused-ring (bicyclic) bond motifs is 1. The van der Waals surface area contributed by atoms with E-state index in [0.29, 0.717) is 12.0 Å². The van der Waals surface area contributed by atoms with Gasteiger partial charge in [-0.2, -0.15) is 5.21 Å². The predicted octanol–water partition coefficient (Wildman–Crippen LogP) is 2.12. The fraction of sp³-hybridized carbons (Fsp3) is 0.533. The van der Waals surface area contributed by atoms with Gasteiger partial charge in [0, 0.05) is 18.5 Å². The quantitative estimate of drug-likeness (QED) is 0.915. The molecular weight excluding hydrogens is 266 g/mol. The number of ether oxygens (including phenoxy) is 1. The van der Waals surface area contributed by atoms with Crippen LogP contribution in [-0.2, 0) is 0 Å². The molecule has 1 aromatic heterocycles. The van der Waals surface area contributed by atoms with Crippen LogP contribution in [0.3, 0.4) is 0 Å². The van der Waals surface area contributed by atoms with Crippen molar-refractivity contribution in [2.45, 2.75) is 37.6 Å². The molecule has 1 fully saturated rings. The van der Waals surface area contributed by atoms with E-state index in [9.17, 15) is 0 Å². The molecule has 2 aromatic rings. The minimum Gasteiger partial charge on any atom is -0.491 e. The van der Waals surface area contributed by atoms with Crippen LogP contribution in [0.5, 0.6) is 5.75 Å². The highest BCUT2D eigenvalue weighted by Gasteiger charge is 2.33. The first-order valence-corrected chi connectivity index (χ1v) is 7.63. The number of anilines is 1. The number of para-hydroxylation sites is 2. The van der Waals surface area contributed by atoms with E-state index < -0.39 is 0 Å². The third kappa shape index (κ3) is 2.34. The van der Waals surface area contributed by atoms with Crippen molar-refractivity contribution >= 4 is 5.69 Å². The maximum absolute atomic E-state index is 5.86. The van der Waals surface area contributed by atoms with Crippen molar-refractivity contribution in [2.24, 2.45) is 0 Å². The maximum Gasteiger partial charge on any atom is 0.177 e. The number of tetrazole rings is 1. The van der Waals surface area contributed by atoms with Crippen molar-refractivity contribution in [3.05, 3.63) is 30.1 Å². The summed E-state index contributed by atoms with van der Waals surface area (Å²) in [7, 11) is 0. The highest BCUT2D eigenvalue weighted by atomic mass is 16.5. The molecule has 1 aliphatic heterocycles. The number of nitrogens with zero attached hydrogens (tertiary/aromatic N) is 4. The average Bonchev–Trinajstić information content (AvgIpc) is 3.15. The lowest BCUT2D eigenvalue weighted by atomic mass is 10.1. The first-order valence-electron chi connectivity index (χ1n) is 7.63. The summed E-state index contributed by atoms with van der Waals surface area (Å²) < 4.78 is 5.86. The number of H-pyrrole nitrogens is 1. The van der Waals surface area contributed by atoms with Crippen LogP contribution >= 0.6 is 0 Å². The molecule has 1 aliphatic carbocycles. The van der Waals surface area contributed by atoms with E-state index in [0.717, 1.165) is 44.0 Å². The summed E-state index contributed by atoms with van der Waals surface area (Å²) in [5, 5.41) is 14.5. The summed E-state index contributed by atoms with van der Waals surface area (Å²) in [6.07, 6.45) is 4.46. The molecule has 110 valence electrons. The van der Waals surface area contributed by atoms with Gasteiger partial charge in [-0.3, -0.25) is 0 Å². The second-order valence-corrected chi connectivity index (χ2v) is 5.80.